The average Bonchev–Trinajstić information content (AvgIpc) is 3.74. The van der Waals surface area contributed by atoms with Crippen molar-refractivity contribution in [3.05, 3.63) is 132 Å². The van der Waals surface area contributed by atoms with Crippen molar-refractivity contribution in [2.45, 2.75) is 59.2 Å². The summed E-state index contributed by atoms with van der Waals surface area (Å²) in [5.41, 5.74) is 6.84. The first-order valence-corrected chi connectivity index (χ1v) is 17.1. The predicted molar refractivity (Wildman–Crippen MR) is 197 cm³/mol. The Hall–Kier alpha value is -5.50. The smallest absolute Gasteiger partial charge is 0.219 e. The maximum absolute atomic E-state index is 11.6. The van der Waals surface area contributed by atoms with E-state index in [0.29, 0.717) is 39.1 Å². The van der Waals surface area contributed by atoms with Gasteiger partial charge in [0.2, 0.25) is 11.8 Å². The van der Waals surface area contributed by atoms with Crippen LogP contribution < -0.4 is 20.1 Å². The molecule has 0 atom stereocenters. The van der Waals surface area contributed by atoms with Crippen molar-refractivity contribution in [1.82, 2.24) is 20.6 Å². The first kappa shape index (κ1) is 34.8. The largest absolute Gasteiger partial charge is 0.489 e. The molecule has 4 N–H and O–H groups in total. The topological polar surface area (TPSA) is 108 Å². The van der Waals surface area contributed by atoms with Crippen molar-refractivity contribution in [1.29, 1.82) is 0 Å². The Morgan fingerprint density at radius 2 is 1.08 bits per heavy atom. The maximum atomic E-state index is 11.6. The van der Waals surface area contributed by atoms with Crippen LogP contribution >= 0.6 is 0 Å². The van der Waals surface area contributed by atoms with E-state index in [0.717, 1.165) is 63.7 Å². The standard InChI is InChI=1S/C21H24N2O2.C20H22N2O2/c1-2-6-21(24)22-12-11-17-14-23-20-10-9-18(13-19(17)20)25-15-16-7-4-3-5-8-16;1-2-20(23)21-11-10-16-13-22-19-9-8-17(12-18(16)19)24-14-15-6-4-3-5-7-15/h3-5,7-10,13-14,23H,2,6,11-12,15H2,1H3,(H,22,24);3-9,12-13,22H,2,10-11,14H2,1H3,(H,21,23). The second-order valence-electron chi connectivity index (χ2n) is 11.9. The number of hydrogen-bond acceptors (Lipinski definition) is 4. The molecular weight excluding hydrogens is 612 g/mol. The van der Waals surface area contributed by atoms with Crippen LogP contribution in [0.4, 0.5) is 0 Å². The fourth-order valence-electron chi connectivity index (χ4n) is 5.50. The molecule has 0 spiro atoms. The molecule has 6 rings (SSSR count). The molecule has 0 bridgehead atoms. The van der Waals surface area contributed by atoms with Gasteiger partial charge in [-0.3, -0.25) is 9.59 Å². The minimum Gasteiger partial charge on any atom is -0.489 e. The molecule has 0 saturated carbocycles. The van der Waals surface area contributed by atoms with E-state index in [1.165, 1.54) is 11.1 Å². The Morgan fingerprint density at radius 1 is 0.612 bits per heavy atom. The van der Waals surface area contributed by atoms with Gasteiger partial charge in [-0.1, -0.05) is 74.5 Å². The van der Waals surface area contributed by atoms with Crippen LogP contribution in [0, 0.1) is 0 Å². The highest BCUT2D eigenvalue weighted by atomic mass is 16.5. The first-order valence-electron chi connectivity index (χ1n) is 17.1. The number of aromatic amines is 2. The molecule has 0 unspecified atom stereocenters. The van der Waals surface area contributed by atoms with Gasteiger partial charge in [-0.05, 0) is 77.9 Å². The highest BCUT2D eigenvalue weighted by Crippen LogP contribution is 2.26. The fraction of sp³-hybridized carbons (Fsp3) is 0.268. The molecule has 0 aliphatic rings. The number of rotatable bonds is 15. The van der Waals surface area contributed by atoms with E-state index in [1.54, 1.807) is 0 Å². The van der Waals surface area contributed by atoms with Gasteiger partial charge in [-0.2, -0.15) is 0 Å². The lowest BCUT2D eigenvalue weighted by atomic mass is 10.1. The summed E-state index contributed by atoms with van der Waals surface area (Å²) in [5, 5.41) is 8.17. The third-order valence-corrected chi connectivity index (χ3v) is 8.21. The van der Waals surface area contributed by atoms with Gasteiger partial charge in [0.15, 0.2) is 0 Å². The number of fused-ring (bicyclic) bond motifs is 2. The summed E-state index contributed by atoms with van der Waals surface area (Å²) in [7, 11) is 0. The molecule has 0 saturated heterocycles. The zero-order valence-electron chi connectivity index (χ0n) is 28.4. The molecule has 0 radical (unpaired) electrons. The molecule has 0 aliphatic heterocycles. The number of ether oxygens (including phenoxy) is 2. The number of carbonyl (C=O) groups is 2. The lowest BCUT2D eigenvalue weighted by Gasteiger charge is -2.07. The molecule has 0 aliphatic carbocycles. The van der Waals surface area contributed by atoms with Crippen molar-refractivity contribution in [3.8, 4) is 11.5 Å². The molecule has 2 amide bonds. The van der Waals surface area contributed by atoms with Gasteiger partial charge in [0.05, 0.1) is 0 Å². The van der Waals surface area contributed by atoms with Crippen LogP contribution in [-0.2, 0) is 35.6 Å². The average molecular weight is 659 g/mol. The molecule has 8 nitrogen and oxygen atoms in total. The van der Waals surface area contributed by atoms with Gasteiger partial charge in [-0.15, -0.1) is 0 Å². The first-order chi connectivity index (χ1) is 24.0. The zero-order chi connectivity index (χ0) is 34.3. The van der Waals surface area contributed by atoms with Crippen LogP contribution in [-0.4, -0.2) is 34.9 Å². The lowest BCUT2D eigenvalue weighted by molar-refractivity contribution is -0.121. The number of carbonyl (C=O) groups excluding carboxylic acids is 2. The third-order valence-electron chi connectivity index (χ3n) is 8.21. The number of hydrogen-bond donors (Lipinski definition) is 4. The summed E-state index contributed by atoms with van der Waals surface area (Å²) in [6.45, 7) is 6.28. The summed E-state index contributed by atoms with van der Waals surface area (Å²) in [6.07, 6.45) is 7.60. The molecule has 2 aromatic heterocycles. The summed E-state index contributed by atoms with van der Waals surface area (Å²) in [4.78, 5) is 29.5. The van der Waals surface area contributed by atoms with Gasteiger partial charge < -0.3 is 30.1 Å². The van der Waals surface area contributed by atoms with Gasteiger partial charge in [0.25, 0.3) is 0 Å². The summed E-state index contributed by atoms with van der Waals surface area (Å²) in [5.74, 6) is 1.91. The SMILES string of the molecule is CCC(=O)NCCc1c[nH]c2ccc(OCc3ccccc3)cc12.CCCC(=O)NCCc1c[nH]c2ccc(OCc3ccccc3)cc12. The highest BCUT2D eigenvalue weighted by Gasteiger charge is 2.08. The molecular formula is C41H46N4O4. The molecule has 4 aromatic carbocycles. The quantitative estimate of drug-likeness (QED) is 0.0896. The second-order valence-corrected chi connectivity index (χ2v) is 11.9. The molecule has 8 heteroatoms. The Morgan fingerprint density at radius 3 is 1.53 bits per heavy atom. The number of amides is 2. The predicted octanol–water partition coefficient (Wildman–Crippen LogP) is 8.02. The van der Waals surface area contributed by atoms with E-state index in [9.17, 15) is 9.59 Å². The van der Waals surface area contributed by atoms with E-state index in [2.05, 4.69) is 57.0 Å². The molecule has 49 heavy (non-hydrogen) atoms. The Balaban J connectivity index is 0.000000191. The van der Waals surface area contributed by atoms with Crippen LogP contribution in [0.3, 0.4) is 0 Å². The summed E-state index contributed by atoms with van der Waals surface area (Å²) in [6, 6.07) is 32.4. The van der Waals surface area contributed by atoms with Gasteiger partial charge in [0.1, 0.15) is 24.7 Å². The van der Waals surface area contributed by atoms with Crippen molar-refractivity contribution in [2.75, 3.05) is 13.1 Å². The molecule has 6 aromatic rings. The maximum Gasteiger partial charge on any atom is 0.219 e. The number of H-pyrrole nitrogens is 2. The zero-order valence-corrected chi connectivity index (χ0v) is 28.4. The Labute approximate surface area is 288 Å². The van der Waals surface area contributed by atoms with E-state index in [-0.39, 0.29) is 11.8 Å². The van der Waals surface area contributed by atoms with Crippen molar-refractivity contribution >= 4 is 33.6 Å². The van der Waals surface area contributed by atoms with Gasteiger partial charge in [0, 0.05) is 60.1 Å². The summed E-state index contributed by atoms with van der Waals surface area (Å²) < 4.78 is 11.8. The minimum absolute atomic E-state index is 0.0849. The second kappa shape index (κ2) is 18.2. The van der Waals surface area contributed by atoms with Crippen LogP contribution in [0.25, 0.3) is 21.8 Å². The third kappa shape index (κ3) is 10.5. The Kier molecular flexibility index (Phi) is 12.9. The van der Waals surface area contributed by atoms with Crippen molar-refractivity contribution < 1.29 is 19.1 Å². The lowest BCUT2D eigenvalue weighted by Crippen LogP contribution is -2.25. The fourth-order valence-corrected chi connectivity index (χ4v) is 5.50. The monoisotopic (exact) mass is 658 g/mol. The van der Waals surface area contributed by atoms with Gasteiger partial charge >= 0.3 is 0 Å². The van der Waals surface area contributed by atoms with Crippen LogP contribution in [0.1, 0.15) is 55.4 Å². The normalized spacial score (nSPS) is 10.7. The van der Waals surface area contributed by atoms with E-state index < -0.39 is 0 Å². The van der Waals surface area contributed by atoms with E-state index in [1.807, 2.05) is 86.9 Å². The number of nitrogens with one attached hydrogen (secondary N) is 4. The summed E-state index contributed by atoms with van der Waals surface area (Å²) >= 11 is 0. The Bertz CT molecular complexity index is 1910. The van der Waals surface area contributed by atoms with Crippen LogP contribution in [0.15, 0.2) is 109 Å². The van der Waals surface area contributed by atoms with E-state index >= 15 is 0 Å². The highest BCUT2D eigenvalue weighted by molar-refractivity contribution is 5.85. The molecule has 0 fully saturated rings. The van der Waals surface area contributed by atoms with E-state index in [4.69, 9.17) is 9.47 Å². The minimum atomic E-state index is 0.0849. The number of aromatic nitrogens is 2. The number of benzene rings is 4. The van der Waals surface area contributed by atoms with Crippen molar-refractivity contribution in [3.63, 3.8) is 0 Å². The molecule has 2 heterocycles. The van der Waals surface area contributed by atoms with Crippen LogP contribution in [0.5, 0.6) is 11.5 Å². The van der Waals surface area contributed by atoms with Crippen LogP contribution in [0.2, 0.25) is 0 Å². The van der Waals surface area contributed by atoms with Gasteiger partial charge in [-0.25, -0.2) is 0 Å². The molecule has 254 valence electrons. The van der Waals surface area contributed by atoms with Crippen molar-refractivity contribution in [2.24, 2.45) is 0 Å².